The molecule has 0 bridgehead atoms. The van der Waals surface area contributed by atoms with Gasteiger partial charge in [-0.05, 0) is 61.3 Å². The van der Waals surface area contributed by atoms with Crippen molar-refractivity contribution in [2.75, 3.05) is 50.5 Å². The van der Waals surface area contributed by atoms with Gasteiger partial charge >= 0.3 is 0 Å². The van der Waals surface area contributed by atoms with Crippen LogP contribution in [0.3, 0.4) is 0 Å². The van der Waals surface area contributed by atoms with Crippen molar-refractivity contribution >= 4 is 17.4 Å². The van der Waals surface area contributed by atoms with Gasteiger partial charge in [0.2, 0.25) is 0 Å². The van der Waals surface area contributed by atoms with E-state index >= 15 is 0 Å². The third kappa shape index (κ3) is 5.08. The summed E-state index contributed by atoms with van der Waals surface area (Å²) >= 11 is 1.80. The lowest BCUT2D eigenvalue weighted by Gasteiger charge is -2.37. The highest BCUT2D eigenvalue weighted by Crippen LogP contribution is 2.30. The average molecular weight is 413 g/mol. The summed E-state index contributed by atoms with van der Waals surface area (Å²) in [5.74, 6) is 0.972. The van der Waals surface area contributed by atoms with Gasteiger partial charge in [-0.25, -0.2) is 0 Å². The Morgan fingerprint density at radius 1 is 1.00 bits per heavy atom. The molecule has 0 amide bonds. The smallest absolute Gasteiger partial charge is 0.122 e. The SMILES string of the molecule is CSc1ccccc1N1CCN(CC(O)COc2cccc3c2CCCC3)CC1. The van der Waals surface area contributed by atoms with E-state index in [2.05, 4.69) is 58.5 Å². The molecule has 4 nitrogen and oxygen atoms in total. The second kappa shape index (κ2) is 9.88. The first kappa shape index (κ1) is 20.6. The maximum atomic E-state index is 10.5. The van der Waals surface area contributed by atoms with Crippen molar-refractivity contribution in [1.29, 1.82) is 0 Å². The van der Waals surface area contributed by atoms with Gasteiger partial charge in [-0.3, -0.25) is 4.90 Å². The number of ether oxygens (including phenoxy) is 1. The number of piperazine rings is 1. The molecule has 1 heterocycles. The first-order valence-corrected chi connectivity index (χ1v) is 12.0. The van der Waals surface area contributed by atoms with Gasteiger partial charge in [0.25, 0.3) is 0 Å². The predicted molar refractivity (Wildman–Crippen MR) is 121 cm³/mol. The molecular weight excluding hydrogens is 380 g/mol. The standard InChI is InChI=1S/C24H32N2O2S/c1-29-24-12-5-4-10-22(24)26-15-13-25(14-16-26)17-20(27)18-28-23-11-6-8-19-7-2-3-9-21(19)23/h4-6,8,10-12,20,27H,2-3,7,9,13-18H2,1H3. The van der Waals surface area contributed by atoms with Crippen LogP contribution >= 0.6 is 11.8 Å². The molecule has 1 atom stereocenters. The van der Waals surface area contributed by atoms with Crippen molar-refractivity contribution in [3.05, 3.63) is 53.6 Å². The molecule has 29 heavy (non-hydrogen) atoms. The Balaban J connectivity index is 1.26. The monoisotopic (exact) mass is 412 g/mol. The van der Waals surface area contributed by atoms with E-state index < -0.39 is 6.10 Å². The first-order chi connectivity index (χ1) is 14.2. The number of rotatable bonds is 7. The number of hydrogen-bond donors (Lipinski definition) is 1. The zero-order valence-corrected chi connectivity index (χ0v) is 18.2. The van der Waals surface area contributed by atoms with Crippen LogP contribution in [0.25, 0.3) is 0 Å². The Bertz CT molecular complexity index is 805. The van der Waals surface area contributed by atoms with Gasteiger partial charge in [0.05, 0.1) is 5.69 Å². The second-order valence-electron chi connectivity index (χ2n) is 8.03. The van der Waals surface area contributed by atoms with Crippen molar-refractivity contribution < 1.29 is 9.84 Å². The molecule has 0 saturated carbocycles. The summed E-state index contributed by atoms with van der Waals surface area (Å²) in [5.41, 5.74) is 4.11. The summed E-state index contributed by atoms with van der Waals surface area (Å²) < 4.78 is 6.04. The first-order valence-electron chi connectivity index (χ1n) is 10.8. The Labute approximate surface area is 178 Å². The molecule has 2 aromatic carbocycles. The quantitative estimate of drug-likeness (QED) is 0.699. The molecule has 156 valence electrons. The number of fused-ring (bicyclic) bond motifs is 1. The molecule has 1 aliphatic carbocycles. The Morgan fingerprint density at radius 3 is 2.62 bits per heavy atom. The van der Waals surface area contributed by atoms with Crippen LogP contribution in [0, 0.1) is 0 Å². The molecule has 1 fully saturated rings. The molecule has 1 unspecified atom stereocenters. The van der Waals surface area contributed by atoms with Gasteiger partial charge in [0, 0.05) is 37.6 Å². The molecule has 0 radical (unpaired) electrons. The van der Waals surface area contributed by atoms with Crippen LogP contribution in [0.5, 0.6) is 5.75 Å². The zero-order chi connectivity index (χ0) is 20.1. The van der Waals surface area contributed by atoms with Crippen LogP contribution in [0.4, 0.5) is 5.69 Å². The van der Waals surface area contributed by atoms with Crippen LogP contribution in [0.1, 0.15) is 24.0 Å². The van der Waals surface area contributed by atoms with E-state index in [1.165, 1.54) is 34.6 Å². The van der Waals surface area contributed by atoms with Crippen molar-refractivity contribution in [3.63, 3.8) is 0 Å². The Hall–Kier alpha value is -1.69. The predicted octanol–water partition coefficient (Wildman–Crippen LogP) is 3.85. The van der Waals surface area contributed by atoms with E-state index in [1.807, 2.05) is 0 Å². The summed E-state index contributed by atoms with van der Waals surface area (Å²) in [5, 5.41) is 10.5. The lowest BCUT2D eigenvalue weighted by atomic mass is 9.91. The van der Waals surface area contributed by atoms with Crippen LogP contribution in [-0.2, 0) is 12.8 Å². The fourth-order valence-corrected chi connectivity index (χ4v) is 5.10. The number of β-amino-alcohol motifs (C(OH)–C–C–N with tert-alkyl or cyclic N) is 1. The minimum atomic E-state index is -0.459. The fourth-order valence-electron chi connectivity index (χ4n) is 4.48. The van der Waals surface area contributed by atoms with Crippen molar-refractivity contribution in [3.8, 4) is 5.75 Å². The van der Waals surface area contributed by atoms with E-state index in [1.54, 1.807) is 11.8 Å². The van der Waals surface area contributed by atoms with Crippen molar-refractivity contribution in [1.82, 2.24) is 4.90 Å². The normalized spacial score (nSPS) is 18.3. The van der Waals surface area contributed by atoms with E-state index in [9.17, 15) is 5.11 Å². The number of benzene rings is 2. The number of anilines is 1. The van der Waals surface area contributed by atoms with Crippen molar-refractivity contribution in [2.24, 2.45) is 0 Å². The van der Waals surface area contributed by atoms with Crippen LogP contribution in [-0.4, -0.2) is 61.7 Å². The average Bonchev–Trinajstić information content (AvgIpc) is 2.78. The Kier molecular flexibility index (Phi) is 7.01. The Morgan fingerprint density at radius 2 is 1.79 bits per heavy atom. The third-order valence-electron chi connectivity index (χ3n) is 6.05. The van der Waals surface area contributed by atoms with E-state index in [0.29, 0.717) is 13.2 Å². The molecule has 1 N–H and O–H groups in total. The molecule has 1 saturated heterocycles. The van der Waals surface area contributed by atoms with Crippen LogP contribution in [0.15, 0.2) is 47.4 Å². The molecule has 4 rings (SSSR count). The number of hydrogen-bond acceptors (Lipinski definition) is 5. The highest BCUT2D eigenvalue weighted by molar-refractivity contribution is 7.98. The molecule has 5 heteroatoms. The molecular formula is C24H32N2O2S. The maximum absolute atomic E-state index is 10.5. The highest BCUT2D eigenvalue weighted by atomic mass is 32.2. The van der Waals surface area contributed by atoms with Gasteiger partial charge in [0.1, 0.15) is 18.5 Å². The number of aliphatic hydroxyl groups is 1. The molecule has 1 aliphatic heterocycles. The van der Waals surface area contributed by atoms with E-state index in [4.69, 9.17) is 4.74 Å². The largest absolute Gasteiger partial charge is 0.491 e. The maximum Gasteiger partial charge on any atom is 0.122 e. The number of para-hydroxylation sites is 1. The van der Waals surface area contributed by atoms with E-state index in [-0.39, 0.29) is 0 Å². The van der Waals surface area contributed by atoms with E-state index in [0.717, 1.165) is 44.8 Å². The second-order valence-corrected chi connectivity index (χ2v) is 8.87. The fraction of sp³-hybridized carbons (Fsp3) is 0.500. The minimum absolute atomic E-state index is 0.367. The molecule has 0 spiro atoms. The van der Waals surface area contributed by atoms with Gasteiger partial charge in [-0.15, -0.1) is 11.8 Å². The van der Waals surface area contributed by atoms with Crippen LogP contribution < -0.4 is 9.64 Å². The number of aliphatic hydroxyl groups excluding tert-OH is 1. The summed E-state index contributed by atoms with van der Waals surface area (Å²) in [6, 6.07) is 15.0. The molecule has 2 aromatic rings. The van der Waals surface area contributed by atoms with Gasteiger partial charge in [-0.2, -0.15) is 0 Å². The van der Waals surface area contributed by atoms with Gasteiger partial charge in [-0.1, -0.05) is 24.3 Å². The summed E-state index contributed by atoms with van der Waals surface area (Å²) in [4.78, 5) is 6.15. The third-order valence-corrected chi connectivity index (χ3v) is 6.84. The lowest BCUT2D eigenvalue weighted by molar-refractivity contribution is 0.0658. The van der Waals surface area contributed by atoms with Gasteiger partial charge < -0.3 is 14.7 Å². The number of thioether (sulfide) groups is 1. The lowest BCUT2D eigenvalue weighted by Crippen LogP contribution is -2.49. The summed E-state index contributed by atoms with van der Waals surface area (Å²) in [7, 11) is 0. The summed E-state index contributed by atoms with van der Waals surface area (Å²) in [6.07, 6.45) is 6.43. The number of aryl methyl sites for hydroxylation is 1. The van der Waals surface area contributed by atoms with Crippen molar-refractivity contribution in [2.45, 2.75) is 36.7 Å². The number of nitrogens with zero attached hydrogens (tertiary/aromatic N) is 2. The minimum Gasteiger partial charge on any atom is -0.491 e. The van der Waals surface area contributed by atoms with Gasteiger partial charge in [0.15, 0.2) is 0 Å². The molecule has 0 aromatic heterocycles. The topological polar surface area (TPSA) is 35.9 Å². The van der Waals surface area contributed by atoms with Crippen LogP contribution in [0.2, 0.25) is 0 Å². The molecule has 2 aliphatic rings. The highest BCUT2D eigenvalue weighted by Gasteiger charge is 2.21. The summed E-state index contributed by atoms with van der Waals surface area (Å²) in [6.45, 7) is 4.98. The zero-order valence-electron chi connectivity index (χ0n) is 17.3.